The number of carbonyl (C=O) groups excluding carboxylic acids is 2. The molecule has 0 unspecified atom stereocenters. The van der Waals surface area contributed by atoms with Crippen LogP contribution >= 0.6 is 0 Å². The fourth-order valence-electron chi connectivity index (χ4n) is 1.29. The second-order valence-corrected chi connectivity index (χ2v) is 3.79. The quantitative estimate of drug-likeness (QED) is 0.753. The predicted molar refractivity (Wildman–Crippen MR) is 63.4 cm³/mol. The highest BCUT2D eigenvalue weighted by Crippen LogP contribution is 2.16. The molecule has 0 aliphatic carbocycles. The lowest BCUT2D eigenvalue weighted by atomic mass is 10.2. The van der Waals surface area contributed by atoms with Crippen molar-refractivity contribution in [3.63, 3.8) is 0 Å². The molecule has 0 spiro atoms. The van der Waals surface area contributed by atoms with E-state index in [2.05, 4.69) is 4.74 Å². The molecule has 1 rings (SSSR count). The van der Waals surface area contributed by atoms with Gasteiger partial charge in [0.05, 0.1) is 20.3 Å². The topological polar surface area (TPSA) is 92.0 Å². The highest BCUT2D eigenvalue weighted by atomic mass is 16.6. The van der Waals surface area contributed by atoms with E-state index in [0.717, 1.165) is 13.4 Å². The highest BCUT2D eigenvalue weighted by molar-refractivity contribution is 5.93. The van der Waals surface area contributed by atoms with Gasteiger partial charge in [-0.05, 0) is 13.8 Å². The summed E-state index contributed by atoms with van der Waals surface area (Å²) in [5.41, 5.74) is -1.16. The van der Waals surface area contributed by atoms with Crippen LogP contribution in [0.4, 0.5) is 0 Å². The summed E-state index contributed by atoms with van der Waals surface area (Å²) in [6.45, 7) is 3.29. The lowest BCUT2D eigenvalue weighted by molar-refractivity contribution is 0.0329. The van der Waals surface area contributed by atoms with Crippen molar-refractivity contribution in [3.8, 4) is 5.75 Å². The standard InChI is InChI=1S/C12H14O7/c1-6(2)19-12(15)10-9(16-3)8(13)7(5-18-10)11(14)17-4/h5-6H,1-4H3. The van der Waals surface area contributed by atoms with Crippen molar-refractivity contribution in [3.05, 3.63) is 27.8 Å². The fourth-order valence-corrected chi connectivity index (χ4v) is 1.29. The molecule has 0 saturated carbocycles. The van der Waals surface area contributed by atoms with Gasteiger partial charge in [-0.15, -0.1) is 0 Å². The normalized spacial score (nSPS) is 10.2. The Morgan fingerprint density at radius 3 is 2.32 bits per heavy atom. The van der Waals surface area contributed by atoms with Crippen molar-refractivity contribution in [1.29, 1.82) is 0 Å². The first-order chi connectivity index (χ1) is 8.92. The molecule has 1 heterocycles. The van der Waals surface area contributed by atoms with E-state index >= 15 is 0 Å². The Hall–Kier alpha value is -2.31. The van der Waals surface area contributed by atoms with E-state index in [1.54, 1.807) is 13.8 Å². The molecule has 104 valence electrons. The summed E-state index contributed by atoms with van der Waals surface area (Å²) < 4.78 is 19.0. The molecule has 0 bridgehead atoms. The van der Waals surface area contributed by atoms with E-state index in [9.17, 15) is 14.4 Å². The van der Waals surface area contributed by atoms with Crippen LogP contribution in [-0.4, -0.2) is 32.3 Å². The largest absolute Gasteiger partial charge is 0.489 e. The molecule has 7 heteroatoms. The summed E-state index contributed by atoms with van der Waals surface area (Å²) in [5, 5.41) is 0. The van der Waals surface area contributed by atoms with Crippen molar-refractivity contribution in [2.24, 2.45) is 0 Å². The van der Waals surface area contributed by atoms with E-state index < -0.39 is 28.9 Å². The number of rotatable bonds is 4. The minimum Gasteiger partial charge on any atom is -0.489 e. The van der Waals surface area contributed by atoms with Crippen LogP contribution in [0, 0.1) is 0 Å². The molecule has 0 amide bonds. The second-order valence-electron chi connectivity index (χ2n) is 3.79. The first-order valence-corrected chi connectivity index (χ1v) is 5.41. The van der Waals surface area contributed by atoms with E-state index in [1.807, 2.05) is 0 Å². The minimum absolute atomic E-state index is 0.361. The van der Waals surface area contributed by atoms with Gasteiger partial charge in [-0.1, -0.05) is 0 Å². The summed E-state index contributed by atoms with van der Waals surface area (Å²) in [4.78, 5) is 34.9. The average Bonchev–Trinajstić information content (AvgIpc) is 2.36. The van der Waals surface area contributed by atoms with E-state index in [4.69, 9.17) is 13.9 Å². The highest BCUT2D eigenvalue weighted by Gasteiger charge is 2.25. The third-order valence-corrected chi connectivity index (χ3v) is 2.09. The molecule has 0 aliphatic heterocycles. The molecule has 0 aliphatic rings. The zero-order valence-corrected chi connectivity index (χ0v) is 11.0. The maximum Gasteiger partial charge on any atom is 0.378 e. The van der Waals surface area contributed by atoms with Gasteiger partial charge in [-0.2, -0.15) is 0 Å². The van der Waals surface area contributed by atoms with Gasteiger partial charge in [-0.25, -0.2) is 9.59 Å². The van der Waals surface area contributed by atoms with Crippen LogP contribution in [0.5, 0.6) is 5.75 Å². The van der Waals surface area contributed by atoms with Crippen molar-refractivity contribution < 1.29 is 28.2 Å². The smallest absolute Gasteiger partial charge is 0.378 e. The number of methoxy groups -OCH3 is 2. The minimum atomic E-state index is -0.879. The van der Waals surface area contributed by atoms with Crippen LogP contribution in [0.15, 0.2) is 15.5 Å². The Morgan fingerprint density at radius 2 is 1.84 bits per heavy atom. The van der Waals surface area contributed by atoms with Crippen LogP contribution in [0.3, 0.4) is 0 Å². The molecule has 0 atom stereocenters. The van der Waals surface area contributed by atoms with Crippen molar-refractivity contribution in [2.45, 2.75) is 20.0 Å². The first-order valence-electron chi connectivity index (χ1n) is 5.41. The van der Waals surface area contributed by atoms with Crippen molar-refractivity contribution >= 4 is 11.9 Å². The van der Waals surface area contributed by atoms with Crippen molar-refractivity contribution in [1.82, 2.24) is 0 Å². The van der Waals surface area contributed by atoms with E-state index in [1.165, 1.54) is 7.11 Å². The van der Waals surface area contributed by atoms with E-state index in [0.29, 0.717) is 0 Å². The number of ether oxygens (including phenoxy) is 3. The molecular formula is C12H14O7. The lowest BCUT2D eigenvalue weighted by Gasteiger charge is -2.10. The number of hydrogen-bond acceptors (Lipinski definition) is 7. The monoisotopic (exact) mass is 270 g/mol. The summed E-state index contributed by atoms with van der Waals surface area (Å²) in [6, 6.07) is 0. The van der Waals surface area contributed by atoms with Crippen LogP contribution in [0.25, 0.3) is 0 Å². The third-order valence-electron chi connectivity index (χ3n) is 2.09. The average molecular weight is 270 g/mol. The van der Waals surface area contributed by atoms with Crippen molar-refractivity contribution in [2.75, 3.05) is 14.2 Å². The molecule has 0 saturated heterocycles. The summed E-state index contributed by atoms with van der Waals surface area (Å²) in [5.74, 6) is -2.52. The second kappa shape index (κ2) is 6.03. The number of carbonyl (C=O) groups is 2. The molecule has 0 fully saturated rings. The maximum absolute atomic E-state index is 11.9. The Labute approximate surface area is 109 Å². The third kappa shape index (κ3) is 3.12. The van der Waals surface area contributed by atoms with Gasteiger partial charge in [0.25, 0.3) is 5.76 Å². The van der Waals surface area contributed by atoms with Gasteiger partial charge in [0.15, 0.2) is 0 Å². The zero-order chi connectivity index (χ0) is 14.6. The fraction of sp³-hybridized carbons (Fsp3) is 0.417. The lowest BCUT2D eigenvalue weighted by Crippen LogP contribution is -2.22. The number of hydrogen-bond donors (Lipinski definition) is 0. The van der Waals surface area contributed by atoms with Crippen LogP contribution in [-0.2, 0) is 9.47 Å². The molecule has 19 heavy (non-hydrogen) atoms. The van der Waals surface area contributed by atoms with Crippen LogP contribution in [0.2, 0.25) is 0 Å². The van der Waals surface area contributed by atoms with E-state index in [-0.39, 0.29) is 11.7 Å². The Morgan fingerprint density at radius 1 is 1.21 bits per heavy atom. The van der Waals surface area contributed by atoms with Gasteiger partial charge >= 0.3 is 11.9 Å². The Balaban J connectivity index is 3.30. The SMILES string of the molecule is COC(=O)c1coc(C(=O)OC(C)C)c(OC)c1=O. The molecule has 0 N–H and O–H groups in total. The van der Waals surface area contributed by atoms with Gasteiger partial charge in [0.1, 0.15) is 11.8 Å². The molecule has 0 aromatic carbocycles. The van der Waals surface area contributed by atoms with Gasteiger partial charge < -0.3 is 18.6 Å². The Kier molecular flexibility index (Phi) is 4.68. The summed E-state index contributed by atoms with van der Waals surface area (Å²) in [6.07, 6.45) is 0.455. The van der Waals surface area contributed by atoms with Gasteiger partial charge in [0, 0.05) is 0 Å². The first kappa shape index (κ1) is 14.7. The van der Waals surface area contributed by atoms with Gasteiger partial charge in [-0.3, -0.25) is 4.79 Å². The van der Waals surface area contributed by atoms with Crippen LogP contribution in [0.1, 0.15) is 34.8 Å². The summed E-state index contributed by atoms with van der Waals surface area (Å²) >= 11 is 0. The zero-order valence-electron chi connectivity index (χ0n) is 11.0. The van der Waals surface area contributed by atoms with Gasteiger partial charge in [0.2, 0.25) is 11.2 Å². The molecule has 7 nitrogen and oxygen atoms in total. The molecule has 1 aromatic rings. The molecule has 1 aromatic heterocycles. The van der Waals surface area contributed by atoms with Crippen LogP contribution < -0.4 is 10.2 Å². The maximum atomic E-state index is 11.9. The molecular weight excluding hydrogens is 256 g/mol. The Bertz CT molecular complexity index is 541. The molecule has 0 radical (unpaired) electrons. The number of esters is 2. The summed E-state index contributed by atoms with van der Waals surface area (Å²) in [7, 11) is 2.30. The predicted octanol–water partition coefficient (Wildman–Crippen LogP) is 1.00.